The molecule has 1 amide bonds. The van der Waals surface area contributed by atoms with E-state index in [4.69, 9.17) is 14.9 Å². The summed E-state index contributed by atoms with van der Waals surface area (Å²) in [5.41, 5.74) is 0.476. The lowest BCUT2D eigenvalue weighted by molar-refractivity contribution is -0.118. The van der Waals surface area contributed by atoms with Gasteiger partial charge in [0.2, 0.25) is 5.91 Å². The summed E-state index contributed by atoms with van der Waals surface area (Å²) >= 11 is 0. The Morgan fingerprint density at radius 3 is 2.56 bits per heavy atom. The number of aliphatic hydroxyl groups is 2. The zero-order valence-corrected chi connectivity index (χ0v) is 10.3. The first-order chi connectivity index (χ1) is 8.52. The molecule has 0 radical (unpaired) electrons. The van der Waals surface area contributed by atoms with Gasteiger partial charge in [0.25, 0.3) is 0 Å². The molecule has 0 unspecified atom stereocenters. The molecule has 7 nitrogen and oxygen atoms in total. The van der Waals surface area contributed by atoms with E-state index in [1.54, 1.807) is 13.8 Å². The van der Waals surface area contributed by atoms with Gasteiger partial charge in [-0.2, -0.15) is 0 Å². The van der Waals surface area contributed by atoms with Crippen molar-refractivity contribution in [2.75, 3.05) is 18.5 Å². The number of amides is 1. The number of nitrogens with one attached hydrogen (secondary N) is 1. The van der Waals surface area contributed by atoms with Gasteiger partial charge in [0.05, 0.1) is 24.7 Å². The van der Waals surface area contributed by atoms with Crippen LogP contribution in [-0.4, -0.2) is 45.4 Å². The van der Waals surface area contributed by atoms with Crippen LogP contribution in [0.4, 0.5) is 5.69 Å². The fourth-order valence-corrected chi connectivity index (χ4v) is 0.965. The molecule has 1 aromatic heterocycles. The summed E-state index contributed by atoms with van der Waals surface area (Å²) in [6, 6.07) is 0.0741. The predicted octanol–water partition coefficient (Wildman–Crippen LogP) is -0.197. The third-order valence-corrected chi connectivity index (χ3v) is 2.04. The van der Waals surface area contributed by atoms with Crippen LogP contribution in [0.2, 0.25) is 0 Å². The number of aliphatic hydroxyl groups excluding tert-OH is 2. The lowest BCUT2D eigenvalue weighted by atomic mass is 10.2. The van der Waals surface area contributed by atoms with Crippen LogP contribution in [0.25, 0.3) is 0 Å². The summed E-state index contributed by atoms with van der Waals surface area (Å²) in [4.78, 5) is 19.1. The summed E-state index contributed by atoms with van der Waals surface area (Å²) in [6.45, 7) is 3.09. The second kappa shape index (κ2) is 6.87. The minimum Gasteiger partial charge on any atom is -0.461 e. The molecular formula is C11H17N3O4. The van der Waals surface area contributed by atoms with E-state index < -0.39 is 6.10 Å². The van der Waals surface area contributed by atoms with Gasteiger partial charge in [0.1, 0.15) is 12.7 Å². The number of ether oxygens (including phenoxy) is 1. The maximum Gasteiger partial charge on any atom is 0.316 e. The van der Waals surface area contributed by atoms with E-state index in [0.717, 1.165) is 0 Å². The standard InChI is InChI=1S/C11H17N3O4/c1-7(2)10(17)14-8-3-12-11(13-4-8)18-6-9(16)5-15/h3-4,7,9,15-16H,5-6H2,1-2H3,(H,14,17)/t9-/m0/s1. The van der Waals surface area contributed by atoms with Crippen molar-refractivity contribution in [1.29, 1.82) is 0 Å². The molecule has 0 aliphatic carbocycles. The van der Waals surface area contributed by atoms with E-state index in [-0.39, 0.29) is 31.0 Å². The molecular weight excluding hydrogens is 238 g/mol. The average molecular weight is 255 g/mol. The summed E-state index contributed by atoms with van der Waals surface area (Å²) < 4.78 is 5.02. The van der Waals surface area contributed by atoms with Gasteiger partial charge in [0, 0.05) is 5.92 Å². The number of carbonyl (C=O) groups is 1. The number of rotatable bonds is 6. The number of hydrogen-bond acceptors (Lipinski definition) is 6. The Morgan fingerprint density at radius 2 is 2.06 bits per heavy atom. The fraction of sp³-hybridized carbons (Fsp3) is 0.545. The topological polar surface area (TPSA) is 105 Å². The van der Waals surface area contributed by atoms with Crippen molar-refractivity contribution in [2.24, 2.45) is 5.92 Å². The van der Waals surface area contributed by atoms with Gasteiger partial charge < -0.3 is 20.3 Å². The summed E-state index contributed by atoms with van der Waals surface area (Å²) in [6.07, 6.45) is 1.86. The molecule has 0 aliphatic heterocycles. The van der Waals surface area contributed by atoms with Crippen LogP contribution in [0.15, 0.2) is 12.4 Å². The molecule has 3 N–H and O–H groups in total. The Kier molecular flexibility index (Phi) is 5.47. The average Bonchev–Trinajstić information content (AvgIpc) is 2.37. The molecule has 0 spiro atoms. The van der Waals surface area contributed by atoms with Crippen molar-refractivity contribution < 1.29 is 19.7 Å². The number of hydrogen-bond donors (Lipinski definition) is 3. The first-order valence-corrected chi connectivity index (χ1v) is 5.57. The van der Waals surface area contributed by atoms with E-state index >= 15 is 0 Å². The van der Waals surface area contributed by atoms with Crippen molar-refractivity contribution in [2.45, 2.75) is 20.0 Å². The van der Waals surface area contributed by atoms with Crippen LogP contribution < -0.4 is 10.1 Å². The summed E-state index contributed by atoms with van der Waals surface area (Å²) in [7, 11) is 0. The van der Waals surface area contributed by atoms with E-state index in [1.165, 1.54) is 12.4 Å². The van der Waals surface area contributed by atoms with E-state index in [1.807, 2.05) is 0 Å². The monoisotopic (exact) mass is 255 g/mol. The summed E-state index contributed by atoms with van der Waals surface area (Å²) in [5.74, 6) is -0.247. The maximum atomic E-state index is 11.4. The lowest BCUT2D eigenvalue weighted by Gasteiger charge is -2.09. The minimum absolute atomic E-state index is 0.0741. The van der Waals surface area contributed by atoms with Gasteiger partial charge in [-0.25, -0.2) is 9.97 Å². The van der Waals surface area contributed by atoms with Crippen molar-refractivity contribution in [1.82, 2.24) is 9.97 Å². The first-order valence-electron chi connectivity index (χ1n) is 5.57. The number of nitrogens with zero attached hydrogens (tertiary/aromatic N) is 2. The largest absolute Gasteiger partial charge is 0.461 e. The van der Waals surface area contributed by atoms with E-state index in [2.05, 4.69) is 15.3 Å². The van der Waals surface area contributed by atoms with Crippen LogP contribution in [0.1, 0.15) is 13.8 Å². The second-order valence-corrected chi connectivity index (χ2v) is 4.05. The van der Waals surface area contributed by atoms with E-state index in [9.17, 15) is 4.79 Å². The van der Waals surface area contributed by atoms with Crippen LogP contribution in [0.5, 0.6) is 6.01 Å². The van der Waals surface area contributed by atoms with Crippen LogP contribution in [0.3, 0.4) is 0 Å². The Morgan fingerprint density at radius 1 is 1.44 bits per heavy atom. The molecule has 100 valence electrons. The molecule has 0 aromatic carbocycles. The molecule has 1 rings (SSSR count). The van der Waals surface area contributed by atoms with Crippen LogP contribution >= 0.6 is 0 Å². The molecule has 0 bridgehead atoms. The van der Waals surface area contributed by atoms with Gasteiger partial charge in [0.15, 0.2) is 0 Å². The normalized spacial score (nSPS) is 12.3. The highest BCUT2D eigenvalue weighted by Crippen LogP contribution is 2.09. The maximum absolute atomic E-state index is 11.4. The van der Waals surface area contributed by atoms with E-state index in [0.29, 0.717) is 5.69 Å². The van der Waals surface area contributed by atoms with Crippen molar-refractivity contribution in [3.05, 3.63) is 12.4 Å². The van der Waals surface area contributed by atoms with Crippen molar-refractivity contribution in [3.8, 4) is 6.01 Å². The third-order valence-electron chi connectivity index (χ3n) is 2.04. The van der Waals surface area contributed by atoms with Gasteiger partial charge in [-0.05, 0) is 0 Å². The quantitative estimate of drug-likeness (QED) is 0.650. The smallest absolute Gasteiger partial charge is 0.316 e. The molecule has 1 atom stereocenters. The second-order valence-electron chi connectivity index (χ2n) is 4.05. The molecule has 0 aliphatic rings. The lowest BCUT2D eigenvalue weighted by Crippen LogP contribution is -2.22. The molecule has 1 heterocycles. The Labute approximate surface area is 105 Å². The van der Waals surface area contributed by atoms with Gasteiger partial charge >= 0.3 is 6.01 Å². The number of anilines is 1. The van der Waals surface area contributed by atoms with Crippen LogP contribution in [0, 0.1) is 5.92 Å². The number of aromatic nitrogens is 2. The minimum atomic E-state index is -0.964. The first kappa shape index (κ1) is 14.3. The molecule has 0 saturated carbocycles. The Balaban J connectivity index is 2.50. The van der Waals surface area contributed by atoms with Crippen molar-refractivity contribution >= 4 is 11.6 Å². The zero-order valence-electron chi connectivity index (χ0n) is 10.3. The predicted molar refractivity (Wildman–Crippen MR) is 64.1 cm³/mol. The highest BCUT2D eigenvalue weighted by atomic mass is 16.5. The van der Waals surface area contributed by atoms with Gasteiger partial charge in [-0.15, -0.1) is 0 Å². The molecule has 0 saturated heterocycles. The fourth-order valence-electron chi connectivity index (χ4n) is 0.965. The summed E-state index contributed by atoms with van der Waals surface area (Å²) in [5, 5.41) is 20.3. The SMILES string of the molecule is CC(C)C(=O)Nc1cnc(OC[C@@H](O)CO)nc1. The number of carbonyl (C=O) groups excluding carboxylic acids is 1. The molecule has 1 aromatic rings. The highest BCUT2D eigenvalue weighted by Gasteiger charge is 2.08. The third kappa shape index (κ3) is 4.64. The Hall–Kier alpha value is -1.73. The zero-order chi connectivity index (χ0) is 13.5. The van der Waals surface area contributed by atoms with Gasteiger partial charge in [-0.3, -0.25) is 4.79 Å². The highest BCUT2D eigenvalue weighted by molar-refractivity contribution is 5.91. The van der Waals surface area contributed by atoms with Gasteiger partial charge in [-0.1, -0.05) is 13.8 Å². The Bertz CT molecular complexity index is 380. The molecule has 7 heteroatoms. The van der Waals surface area contributed by atoms with Crippen LogP contribution in [-0.2, 0) is 4.79 Å². The van der Waals surface area contributed by atoms with Crippen molar-refractivity contribution in [3.63, 3.8) is 0 Å². The molecule has 0 fully saturated rings. The molecule has 18 heavy (non-hydrogen) atoms.